The standard InChI is InChI=1S/C26H35NO2/c1-7-10-13-19-16-17-21-23(18-19)28-24(27-21)20-14-11-12-15-22(20)29-26(6,9-3)25(4,5)8-2/h11-12,14-18H,7-10,13H2,1-6H3. The summed E-state index contributed by atoms with van der Waals surface area (Å²) in [6.07, 6.45) is 5.42. The molecule has 156 valence electrons. The van der Waals surface area contributed by atoms with Gasteiger partial charge in [-0.05, 0) is 62.4 Å². The molecule has 0 bridgehead atoms. The zero-order valence-corrected chi connectivity index (χ0v) is 18.8. The summed E-state index contributed by atoms with van der Waals surface area (Å²) < 4.78 is 12.8. The molecule has 3 heteroatoms. The summed E-state index contributed by atoms with van der Waals surface area (Å²) in [5.74, 6) is 1.45. The molecule has 0 aliphatic rings. The van der Waals surface area contributed by atoms with Crippen LogP contribution in [0.5, 0.6) is 5.75 Å². The number of aromatic nitrogens is 1. The van der Waals surface area contributed by atoms with E-state index in [0.29, 0.717) is 5.89 Å². The van der Waals surface area contributed by atoms with Crippen LogP contribution in [-0.2, 0) is 6.42 Å². The van der Waals surface area contributed by atoms with Gasteiger partial charge in [0.15, 0.2) is 5.58 Å². The quantitative estimate of drug-likeness (QED) is 0.372. The normalized spacial score (nSPS) is 14.1. The fourth-order valence-electron chi connectivity index (χ4n) is 3.66. The van der Waals surface area contributed by atoms with Crippen molar-refractivity contribution in [2.75, 3.05) is 0 Å². The van der Waals surface area contributed by atoms with Gasteiger partial charge in [0.25, 0.3) is 0 Å². The van der Waals surface area contributed by atoms with Crippen LogP contribution in [0.4, 0.5) is 0 Å². The van der Waals surface area contributed by atoms with Crippen LogP contribution in [0.3, 0.4) is 0 Å². The molecule has 29 heavy (non-hydrogen) atoms. The Kier molecular flexibility index (Phi) is 6.36. The molecule has 0 aliphatic carbocycles. The van der Waals surface area contributed by atoms with Crippen molar-refractivity contribution in [1.29, 1.82) is 0 Å². The molecule has 0 spiro atoms. The monoisotopic (exact) mass is 393 g/mol. The van der Waals surface area contributed by atoms with Crippen LogP contribution in [0.1, 0.15) is 72.8 Å². The number of hydrogen-bond acceptors (Lipinski definition) is 3. The van der Waals surface area contributed by atoms with E-state index < -0.39 is 0 Å². The summed E-state index contributed by atoms with van der Waals surface area (Å²) in [6.45, 7) is 13.4. The van der Waals surface area contributed by atoms with Gasteiger partial charge in [-0.15, -0.1) is 0 Å². The SMILES string of the molecule is CCCCc1ccc2nc(-c3ccccc3OC(C)(CC)C(C)(C)CC)oc2c1. The lowest BCUT2D eigenvalue weighted by Crippen LogP contribution is -2.46. The summed E-state index contributed by atoms with van der Waals surface area (Å²) in [5.41, 5.74) is 3.71. The van der Waals surface area contributed by atoms with Gasteiger partial charge in [0.05, 0.1) is 5.56 Å². The maximum Gasteiger partial charge on any atom is 0.231 e. The molecule has 0 amide bonds. The first-order valence-electron chi connectivity index (χ1n) is 11.0. The van der Waals surface area contributed by atoms with E-state index in [-0.39, 0.29) is 11.0 Å². The van der Waals surface area contributed by atoms with Crippen LogP contribution in [0.2, 0.25) is 0 Å². The van der Waals surface area contributed by atoms with E-state index in [0.717, 1.165) is 41.7 Å². The van der Waals surface area contributed by atoms with E-state index in [2.05, 4.69) is 59.7 Å². The lowest BCUT2D eigenvalue weighted by Gasteiger charge is -2.43. The zero-order chi connectivity index (χ0) is 21.1. The molecule has 1 unspecified atom stereocenters. The molecule has 0 radical (unpaired) electrons. The minimum atomic E-state index is -0.281. The number of nitrogens with zero attached hydrogens (tertiary/aromatic N) is 1. The molecule has 1 heterocycles. The van der Waals surface area contributed by atoms with Gasteiger partial charge >= 0.3 is 0 Å². The predicted molar refractivity (Wildman–Crippen MR) is 121 cm³/mol. The summed E-state index contributed by atoms with van der Waals surface area (Å²) >= 11 is 0. The van der Waals surface area contributed by atoms with Crippen molar-refractivity contribution in [2.45, 2.75) is 79.2 Å². The van der Waals surface area contributed by atoms with Gasteiger partial charge in [0.2, 0.25) is 5.89 Å². The Morgan fingerprint density at radius 1 is 0.966 bits per heavy atom. The average Bonchev–Trinajstić information content (AvgIpc) is 3.15. The maximum atomic E-state index is 6.67. The number of unbranched alkanes of at least 4 members (excludes halogenated alkanes) is 1. The van der Waals surface area contributed by atoms with Crippen LogP contribution in [0, 0.1) is 5.41 Å². The number of rotatable bonds is 9. The van der Waals surface area contributed by atoms with Crippen molar-refractivity contribution in [3.05, 3.63) is 48.0 Å². The molecular formula is C26H35NO2. The van der Waals surface area contributed by atoms with E-state index in [9.17, 15) is 0 Å². The van der Waals surface area contributed by atoms with Gasteiger partial charge in [0.1, 0.15) is 16.9 Å². The highest BCUT2D eigenvalue weighted by Crippen LogP contribution is 2.42. The minimum Gasteiger partial charge on any atom is -0.486 e. The number of hydrogen-bond donors (Lipinski definition) is 0. The highest BCUT2D eigenvalue weighted by molar-refractivity contribution is 5.78. The molecule has 3 aromatic rings. The second-order valence-corrected chi connectivity index (χ2v) is 8.84. The van der Waals surface area contributed by atoms with E-state index in [4.69, 9.17) is 14.1 Å². The van der Waals surface area contributed by atoms with Crippen molar-refractivity contribution >= 4 is 11.1 Å². The van der Waals surface area contributed by atoms with Gasteiger partial charge in [-0.3, -0.25) is 0 Å². The third kappa shape index (κ3) is 4.34. The zero-order valence-electron chi connectivity index (χ0n) is 18.8. The van der Waals surface area contributed by atoms with Crippen molar-refractivity contribution in [1.82, 2.24) is 4.98 Å². The predicted octanol–water partition coefficient (Wildman–Crippen LogP) is 7.82. The lowest BCUT2D eigenvalue weighted by atomic mass is 9.72. The molecule has 0 N–H and O–H groups in total. The Balaban J connectivity index is 1.98. The molecule has 1 aromatic heterocycles. The third-order valence-corrected chi connectivity index (χ3v) is 6.71. The van der Waals surface area contributed by atoms with Crippen molar-refractivity contribution in [3.63, 3.8) is 0 Å². The van der Waals surface area contributed by atoms with Crippen LogP contribution < -0.4 is 4.74 Å². The first-order valence-corrected chi connectivity index (χ1v) is 11.0. The second kappa shape index (κ2) is 8.61. The summed E-state index contributed by atoms with van der Waals surface area (Å²) in [4.78, 5) is 4.76. The first kappa shape index (κ1) is 21.4. The van der Waals surface area contributed by atoms with Gasteiger partial charge in [-0.2, -0.15) is 0 Å². The van der Waals surface area contributed by atoms with Crippen molar-refractivity contribution < 1.29 is 9.15 Å². The molecule has 2 aromatic carbocycles. The largest absolute Gasteiger partial charge is 0.486 e. The topological polar surface area (TPSA) is 35.3 Å². The Morgan fingerprint density at radius 2 is 1.72 bits per heavy atom. The van der Waals surface area contributed by atoms with E-state index in [1.165, 1.54) is 18.4 Å². The molecule has 0 aliphatic heterocycles. The molecule has 3 nitrogen and oxygen atoms in total. The van der Waals surface area contributed by atoms with Crippen LogP contribution in [0.15, 0.2) is 46.9 Å². The van der Waals surface area contributed by atoms with Crippen molar-refractivity contribution in [3.8, 4) is 17.2 Å². The van der Waals surface area contributed by atoms with Gasteiger partial charge in [0, 0.05) is 5.41 Å². The Hall–Kier alpha value is -2.29. The number of ether oxygens (including phenoxy) is 1. The van der Waals surface area contributed by atoms with Crippen LogP contribution >= 0.6 is 0 Å². The Bertz CT molecular complexity index is 956. The summed E-state index contributed by atoms with van der Waals surface area (Å²) in [7, 11) is 0. The highest BCUT2D eigenvalue weighted by Gasteiger charge is 2.41. The molecule has 0 fully saturated rings. The molecule has 0 saturated carbocycles. The minimum absolute atomic E-state index is 0.0460. The average molecular weight is 394 g/mol. The van der Waals surface area contributed by atoms with Gasteiger partial charge in [-0.1, -0.05) is 59.2 Å². The van der Waals surface area contributed by atoms with Crippen LogP contribution in [-0.4, -0.2) is 10.6 Å². The molecule has 3 rings (SSSR count). The summed E-state index contributed by atoms with van der Waals surface area (Å²) in [6, 6.07) is 14.4. The number of fused-ring (bicyclic) bond motifs is 1. The fourth-order valence-corrected chi connectivity index (χ4v) is 3.66. The number of para-hydroxylation sites is 1. The lowest BCUT2D eigenvalue weighted by molar-refractivity contribution is -0.0322. The summed E-state index contributed by atoms with van der Waals surface area (Å²) in [5, 5.41) is 0. The van der Waals surface area contributed by atoms with Crippen LogP contribution in [0.25, 0.3) is 22.6 Å². The fraction of sp³-hybridized carbons (Fsp3) is 0.500. The van der Waals surface area contributed by atoms with Gasteiger partial charge in [-0.25, -0.2) is 4.98 Å². The Morgan fingerprint density at radius 3 is 2.41 bits per heavy atom. The van der Waals surface area contributed by atoms with E-state index in [1.54, 1.807) is 0 Å². The molecule has 0 saturated heterocycles. The smallest absolute Gasteiger partial charge is 0.231 e. The van der Waals surface area contributed by atoms with Gasteiger partial charge < -0.3 is 9.15 Å². The molecule has 1 atom stereocenters. The highest BCUT2D eigenvalue weighted by atomic mass is 16.5. The Labute approximate surface area is 175 Å². The number of benzene rings is 2. The third-order valence-electron chi connectivity index (χ3n) is 6.71. The van der Waals surface area contributed by atoms with E-state index >= 15 is 0 Å². The van der Waals surface area contributed by atoms with Crippen molar-refractivity contribution in [2.24, 2.45) is 5.41 Å². The van der Waals surface area contributed by atoms with E-state index in [1.807, 2.05) is 24.3 Å². The maximum absolute atomic E-state index is 6.67. The first-order chi connectivity index (χ1) is 13.8. The second-order valence-electron chi connectivity index (χ2n) is 8.84. The number of aryl methyl sites for hydroxylation is 1. The number of oxazole rings is 1. The molecular weight excluding hydrogens is 358 g/mol.